The van der Waals surface area contributed by atoms with Gasteiger partial charge in [-0.25, -0.2) is 4.79 Å². The van der Waals surface area contributed by atoms with E-state index < -0.39 is 6.04 Å². The number of urea groups is 1. The van der Waals surface area contributed by atoms with Crippen molar-refractivity contribution in [2.45, 2.75) is 24.8 Å². The van der Waals surface area contributed by atoms with Crippen LogP contribution in [0.4, 0.5) is 16.2 Å². The molecule has 0 spiro atoms. The molecule has 1 aliphatic heterocycles. The van der Waals surface area contributed by atoms with Crippen LogP contribution in [0.15, 0.2) is 82.6 Å². The van der Waals surface area contributed by atoms with E-state index in [4.69, 9.17) is 9.15 Å². The van der Waals surface area contributed by atoms with E-state index in [-0.39, 0.29) is 17.7 Å². The minimum atomic E-state index is -0.591. The van der Waals surface area contributed by atoms with E-state index in [1.807, 2.05) is 60.7 Å². The summed E-state index contributed by atoms with van der Waals surface area (Å²) in [6, 6.07) is 18.0. The minimum Gasteiger partial charge on any atom is -0.497 e. The summed E-state index contributed by atoms with van der Waals surface area (Å²) in [5.41, 5.74) is 3.72. The average Bonchev–Trinajstić information content (AvgIpc) is 3.34. The van der Waals surface area contributed by atoms with E-state index in [1.54, 1.807) is 25.3 Å². The Morgan fingerprint density at radius 1 is 1.09 bits per heavy atom. The van der Waals surface area contributed by atoms with Gasteiger partial charge in [0, 0.05) is 30.7 Å². The zero-order chi connectivity index (χ0) is 22.9. The number of amides is 2. The second-order valence-electron chi connectivity index (χ2n) is 8.18. The van der Waals surface area contributed by atoms with Crippen molar-refractivity contribution in [1.82, 2.24) is 5.32 Å². The molecule has 0 saturated carbocycles. The van der Waals surface area contributed by atoms with Gasteiger partial charge in [0.25, 0.3) is 0 Å². The highest BCUT2D eigenvalue weighted by molar-refractivity contribution is 6.06. The molecular formula is C26H25N3O4. The summed E-state index contributed by atoms with van der Waals surface area (Å²) in [6.45, 7) is 0. The number of anilines is 2. The van der Waals surface area contributed by atoms with Crippen LogP contribution in [0, 0.1) is 0 Å². The number of ketones is 1. The summed E-state index contributed by atoms with van der Waals surface area (Å²) in [4.78, 5) is 28.6. The van der Waals surface area contributed by atoms with Gasteiger partial charge in [-0.2, -0.15) is 0 Å². The van der Waals surface area contributed by atoms with Crippen LogP contribution in [-0.4, -0.2) is 26.0 Å². The highest BCUT2D eigenvalue weighted by atomic mass is 16.5. The van der Waals surface area contributed by atoms with E-state index in [0.29, 0.717) is 29.9 Å². The van der Waals surface area contributed by atoms with Crippen LogP contribution < -0.4 is 20.3 Å². The number of ether oxygens (including phenoxy) is 1. The zero-order valence-electron chi connectivity index (χ0n) is 18.5. The van der Waals surface area contributed by atoms with Gasteiger partial charge in [0.05, 0.1) is 30.8 Å². The number of allylic oxidation sites excluding steroid dienone is 1. The number of rotatable bonds is 3. The van der Waals surface area contributed by atoms with E-state index in [9.17, 15) is 9.59 Å². The Morgan fingerprint density at radius 3 is 2.58 bits per heavy atom. The van der Waals surface area contributed by atoms with E-state index in [1.165, 1.54) is 0 Å². The van der Waals surface area contributed by atoms with Gasteiger partial charge in [-0.15, -0.1) is 0 Å². The number of methoxy groups -OCH3 is 1. The molecule has 7 heteroatoms. The zero-order valence-corrected chi connectivity index (χ0v) is 18.5. The molecule has 2 aliphatic rings. The van der Waals surface area contributed by atoms with Crippen molar-refractivity contribution in [2.75, 3.05) is 24.4 Å². The van der Waals surface area contributed by atoms with Crippen LogP contribution in [0.3, 0.4) is 0 Å². The summed E-state index contributed by atoms with van der Waals surface area (Å²) >= 11 is 0. The second kappa shape index (κ2) is 8.50. The van der Waals surface area contributed by atoms with E-state index in [2.05, 4.69) is 10.6 Å². The fourth-order valence-electron chi connectivity index (χ4n) is 4.76. The molecule has 0 fully saturated rings. The molecule has 2 aromatic carbocycles. The summed E-state index contributed by atoms with van der Waals surface area (Å²) in [7, 11) is 3.21. The SMILES string of the molecule is CNC(=O)N1c2ccccc2NC2=C(C(=O)C[C@@H](c3ccco3)C2)[C@H]1c1ccc(OC)cc1. The Bertz CT molecular complexity index is 1210. The van der Waals surface area contributed by atoms with Crippen molar-refractivity contribution >= 4 is 23.2 Å². The number of hydrogen-bond donors (Lipinski definition) is 2. The topological polar surface area (TPSA) is 83.8 Å². The summed E-state index contributed by atoms with van der Waals surface area (Å²) in [5, 5.41) is 6.24. The number of carbonyl (C=O) groups is 2. The maximum Gasteiger partial charge on any atom is 0.322 e. The van der Waals surface area contributed by atoms with Gasteiger partial charge in [0.15, 0.2) is 5.78 Å². The Kier molecular flexibility index (Phi) is 5.38. The molecule has 7 nitrogen and oxygen atoms in total. The van der Waals surface area contributed by atoms with Crippen molar-refractivity contribution < 1.29 is 18.7 Å². The first-order valence-corrected chi connectivity index (χ1v) is 10.9. The molecule has 2 amide bonds. The van der Waals surface area contributed by atoms with Crippen LogP contribution in [0.5, 0.6) is 5.75 Å². The van der Waals surface area contributed by atoms with Crippen LogP contribution in [0.1, 0.15) is 36.1 Å². The Labute approximate surface area is 192 Å². The molecule has 3 aromatic rings. The van der Waals surface area contributed by atoms with Crippen LogP contribution in [0.25, 0.3) is 0 Å². The number of hydrogen-bond acceptors (Lipinski definition) is 5. The molecule has 1 aromatic heterocycles. The molecular weight excluding hydrogens is 418 g/mol. The van der Waals surface area contributed by atoms with Gasteiger partial charge in [0.1, 0.15) is 11.5 Å². The Hall–Kier alpha value is -4.00. The van der Waals surface area contributed by atoms with Gasteiger partial charge >= 0.3 is 6.03 Å². The molecule has 0 saturated heterocycles. The molecule has 0 unspecified atom stereocenters. The second-order valence-corrected chi connectivity index (χ2v) is 8.18. The monoisotopic (exact) mass is 443 g/mol. The van der Waals surface area contributed by atoms with Gasteiger partial charge in [0.2, 0.25) is 0 Å². The first kappa shape index (κ1) is 20.9. The first-order chi connectivity index (χ1) is 16.1. The lowest BCUT2D eigenvalue weighted by atomic mass is 9.80. The predicted octanol–water partition coefficient (Wildman–Crippen LogP) is 5.00. The van der Waals surface area contributed by atoms with Gasteiger partial charge < -0.3 is 19.8 Å². The maximum absolute atomic E-state index is 13.7. The molecule has 2 N–H and O–H groups in total. The molecule has 5 rings (SSSR count). The minimum absolute atomic E-state index is 0.00678. The highest BCUT2D eigenvalue weighted by Crippen LogP contribution is 2.47. The van der Waals surface area contributed by atoms with Crippen molar-refractivity contribution in [2.24, 2.45) is 0 Å². The van der Waals surface area contributed by atoms with E-state index >= 15 is 0 Å². The molecule has 1 aliphatic carbocycles. The van der Waals surface area contributed by atoms with Crippen molar-refractivity contribution in [3.63, 3.8) is 0 Å². The van der Waals surface area contributed by atoms with Crippen molar-refractivity contribution in [1.29, 1.82) is 0 Å². The number of para-hydroxylation sites is 2. The van der Waals surface area contributed by atoms with Crippen LogP contribution in [-0.2, 0) is 4.79 Å². The average molecular weight is 444 g/mol. The lowest BCUT2D eigenvalue weighted by Gasteiger charge is -2.34. The molecule has 168 valence electrons. The highest BCUT2D eigenvalue weighted by Gasteiger charge is 2.41. The fraction of sp³-hybridized carbons (Fsp3) is 0.231. The number of fused-ring (bicyclic) bond motifs is 1. The van der Waals surface area contributed by atoms with Gasteiger partial charge in [-0.3, -0.25) is 9.69 Å². The maximum atomic E-state index is 13.7. The third-order valence-corrected chi connectivity index (χ3v) is 6.30. The summed E-state index contributed by atoms with van der Waals surface area (Å²) in [6.07, 6.45) is 2.56. The van der Waals surface area contributed by atoms with E-state index in [0.717, 1.165) is 22.7 Å². The molecule has 33 heavy (non-hydrogen) atoms. The first-order valence-electron chi connectivity index (χ1n) is 10.9. The van der Waals surface area contributed by atoms with Gasteiger partial charge in [-0.1, -0.05) is 24.3 Å². The molecule has 0 bridgehead atoms. The number of furan rings is 1. The smallest absolute Gasteiger partial charge is 0.322 e. The number of nitrogens with one attached hydrogen (secondary N) is 2. The van der Waals surface area contributed by atoms with Crippen molar-refractivity contribution in [3.05, 3.63) is 89.5 Å². The molecule has 2 atom stereocenters. The normalized spacial score (nSPS) is 19.8. The Balaban J connectivity index is 1.71. The van der Waals surface area contributed by atoms with Crippen molar-refractivity contribution in [3.8, 4) is 5.75 Å². The number of carbonyl (C=O) groups excluding carboxylic acids is 2. The number of Topliss-reactive ketones (excluding diaryl/α,β-unsaturated/α-hetero) is 1. The third-order valence-electron chi connectivity index (χ3n) is 6.30. The third kappa shape index (κ3) is 3.65. The lowest BCUT2D eigenvalue weighted by molar-refractivity contribution is -0.116. The summed E-state index contributed by atoms with van der Waals surface area (Å²) in [5.74, 6) is 1.43. The summed E-state index contributed by atoms with van der Waals surface area (Å²) < 4.78 is 10.9. The van der Waals surface area contributed by atoms with Gasteiger partial charge in [-0.05, 0) is 48.4 Å². The Morgan fingerprint density at radius 2 is 1.88 bits per heavy atom. The lowest BCUT2D eigenvalue weighted by Crippen LogP contribution is -2.43. The van der Waals surface area contributed by atoms with Crippen LogP contribution in [0.2, 0.25) is 0 Å². The number of nitrogens with zero attached hydrogens (tertiary/aromatic N) is 1. The fourth-order valence-corrected chi connectivity index (χ4v) is 4.76. The quantitative estimate of drug-likeness (QED) is 0.595. The molecule has 2 heterocycles. The van der Waals surface area contributed by atoms with Crippen LogP contribution >= 0.6 is 0 Å². The predicted molar refractivity (Wildman–Crippen MR) is 125 cm³/mol. The largest absolute Gasteiger partial charge is 0.497 e. The number of benzene rings is 2. The standard InChI is InChI=1S/C26H25N3O4/c1-27-26(31)29-21-7-4-3-6-19(21)28-20-14-17(23-8-5-13-33-23)15-22(30)24(20)25(29)16-9-11-18(32-2)12-10-16/h3-13,17,25,28H,14-15H2,1-2H3,(H,27,31)/t17-,25+/m0/s1. The molecule has 0 radical (unpaired) electrons.